The third kappa shape index (κ3) is 26.4. The standard InChI is InChI=1S/C49H72N8O17/c1-2-9-57(48(61)41-32-40-4-3-39(42-35-51-38-52-36-42)33-43(40)55-44(50)34-41)74-11-8-54-49(62)73-31-30-72-29-28-71-27-26-70-25-24-69-23-22-68-21-20-67-19-18-66-17-16-65-15-14-64-13-12-63-10-7-53-45(58)37-56-46(59)5-6-47(56)60/h3-6,32-33,35-36,38H,2,7-31,34,37H2,1H3,(H2,50,55)(H,53,58)(H,54,62). The number of hydrogen-bond donors (Lipinski definition) is 3. The van der Waals surface area contributed by atoms with Crippen molar-refractivity contribution >= 4 is 47.3 Å². The molecule has 5 amide bonds. The van der Waals surface area contributed by atoms with Crippen LogP contribution in [0.3, 0.4) is 0 Å². The molecule has 0 spiro atoms. The number of hydroxylamine groups is 2. The summed E-state index contributed by atoms with van der Waals surface area (Å²) in [6, 6.07) is 5.67. The highest BCUT2D eigenvalue weighted by Gasteiger charge is 2.26. The average Bonchev–Trinajstić information content (AvgIpc) is 3.60. The van der Waals surface area contributed by atoms with Crippen molar-refractivity contribution in [1.29, 1.82) is 0 Å². The number of nitrogens with one attached hydrogen (secondary N) is 2. The summed E-state index contributed by atoms with van der Waals surface area (Å²) < 4.78 is 59.8. The third-order valence-electron chi connectivity index (χ3n) is 10.0. The van der Waals surface area contributed by atoms with E-state index in [-0.39, 0.29) is 58.4 Å². The van der Waals surface area contributed by atoms with Gasteiger partial charge in [-0.1, -0.05) is 19.1 Å². The number of amidine groups is 1. The lowest BCUT2D eigenvalue weighted by molar-refractivity contribution is -0.181. The Hall–Kier alpha value is -5.84. The number of carbonyl (C=O) groups excluding carboxylic acids is 5. The minimum Gasteiger partial charge on any atom is -0.447 e. The number of carbonyl (C=O) groups is 5. The third-order valence-corrected chi connectivity index (χ3v) is 10.0. The molecule has 1 aromatic heterocycles. The molecule has 0 fully saturated rings. The first-order chi connectivity index (χ1) is 36.2. The molecule has 25 nitrogen and oxygen atoms in total. The maximum atomic E-state index is 13.5. The summed E-state index contributed by atoms with van der Waals surface area (Å²) >= 11 is 0. The molecule has 0 aliphatic carbocycles. The van der Waals surface area contributed by atoms with Crippen LogP contribution in [0, 0.1) is 0 Å². The van der Waals surface area contributed by atoms with Gasteiger partial charge in [-0.2, -0.15) is 0 Å². The minimum atomic E-state index is -0.634. The maximum Gasteiger partial charge on any atom is 0.407 e. The first-order valence-electron chi connectivity index (χ1n) is 24.6. The zero-order valence-corrected chi connectivity index (χ0v) is 42.2. The number of imide groups is 1. The number of aromatic nitrogens is 2. The van der Waals surface area contributed by atoms with E-state index in [2.05, 4.69) is 25.6 Å². The predicted molar refractivity (Wildman–Crippen MR) is 266 cm³/mol. The van der Waals surface area contributed by atoms with Crippen molar-refractivity contribution < 1.29 is 80.9 Å². The van der Waals surface area contributed by atoms with E-state index in [0.29, 0.717) is 149 Å². The SMILES string of the molecule is CCCN(OCCNC(=O)OCCOCCOCCOCCOCCOCCOCCOCCOCCOCCOCCNC(=O)CN1C(=O)C=CC1=O)C(=O)C1=Cc2ccc(-c3cncnc3)cc2N=C(N)C1. The molecule has 0 atom stereocenters. The van der Waals surface area contributed by atoms with Gasteiger partial charge in [0.25, 0.3) is 17.7 Å². The Bertz CT molecular complexity index is 2030. The molecule has 2 aliphatic heterocycles. The zero-order valence-electron chi connectivity index (χ0n) is 42.2. The monoisotopic (exact) mass is 1040 g/mol. The highest BCUT2D eigenvalue weighted by atomic mass is 16.7. The van der Waals surface area contributed by atoms with Crippen LogP contribution in [0.4, 0.5) is 10.5 Å². The van der Waals surface area contributed by atoms with Gasteiger partial charge >= 0.3 is 6.09 Å². The van der Waals surface area contributed by atoms with Crippen molar-refractivity contribution in [3.63, 3.8) is 0 Å². The van der Waals surface area contributed by atoms with Gasteiger partial charge in [0.05, 0.1) is 144 Å². The molecule has 0 saturated heterocycles. The fourth-order valence-electron chi connectivity index (χ4n) is 6.43. The lowest BCUT2D eigenvalue weighted by Gasteiger charge is -2.22. The van der Waals surface area contributed by atoms with Crippen LogP contribution in [0.25, 0.3) is 17.2 Å². The van der Waals surface area contributed by atoms with Gasteiger partial charge in [0.2, 0.25) is 5.91 Å². The number of nitrogens with zero attached hydrogens (tertiary/aromatic N) is 5. The highest BCUT2D eigenvalue weighted by molar-refractivity contribution is 6.14. The second kappa shape index (κ2) is 38.7. The van der Waals surface area contributed by atoms with Crippen LogP contribution in [-0.4, -0.2) is 227 Å². The Morgan fingerprint density at radius 1 is 0.622 bits per heavy atom. The van der Waals surface area contributed by atoms with Gasteiger partial charge in [0.1, 0.15) is 25.3 Å². The molecular weight excluding hydrogens is 973 g/mol. The lowest BCUT2D eigenvalue weighted by atomic mass is 10.0. The molecule has 0 bridgehead atoms. The van der Waals surface area contributed by atoms with Gasteiger partial charge in [-0.15, -0.1) is 0 Å². The summed E-state index contributed by atoms with van der Waals surface area (Å²) in [6.45, 7) is 10.3. The molecule has 4 rings (SSSR count). The zero-order chi connectivity index (χ0) is 52.7. The molecule has 3 heterocycles. The Morgan fingerprint density at radius 2 is 1.09 bits per heavy atom. The van der Waals surface area contributed by atoms with Gasteiger partial charge in [0.15, 0.2) is 0 Å². The molecule has 410 valence electrons. The van der Waals surface area contributed by atoms with Crippen LogP contribution < -0.4 is 16.4 Å². The fourth-order valence-corrected chi connectivity index (χ4v) is 6.43. The summed E-state index contributed by atoms with van der Waals surface area (Å²) in [5, 5.41) is 6.47. The molecule has 0 unspecified atom stereocenters. The van der Waals surface area contributed by atoms with E-state index in [1.165, 1.54) is 11.4 Å². The Morgan fingerprint density at radius 3 is 1.59 bits per heavy atom. The average molecular weight is 1050 g/mol. The van der Waals surface area contributed by atoms with Crippen LogP contribution in [0.5, 0.6) is 0 Å². The summed E-state index contributed by atoms with van der Waals surface area (Å²) in [6.07, 6.45) is 9.08. The second-order valence-corrected chi connectivity index (χ2v) is 15.7. The number of benzene rings is 1. The molecule has 0 saturated carbocycles. The number of aliphatic imine (C=N–C) groups is 1. The van der Waals surface area contributed by atoms with Crippen LogP contribution >= 0.6 is 0 Å². The predicted octanol–water partition coefficient (Wildman–Crippen LogP) is 1.02. The van der Waals surface area contributed by atoms with Gasteiger partial charge in [-0.05, 0) is 24.1 Å². The van der Waals surface area contributed by atoms with Crippen molar-refractivity contribution in [2.45, 2.75) is 19.8 Å². The molecular formula is C49H72N8O17. The topological polar surface area (TPSA) is 291 Å². The molecule has 2 aliphatic rings. The van der Waals surface area contributed by atoms with Crippen molar-refractivity contribution in [3.8, 4) is 11.1 Å². The van der Waals surface area contributed by atoms with Crippen LogP contribution in [-0.2, 0) is 76.1 Å². The van der Waals surface area contributed by atoms with E-state index < -0.39 is 23.8 Å². The van der Waals surface area contributed by atoms with E-state index in [1.54, 1.807) is 18.5 Å². The molecule has 4 N–H and O–H groups in total. The molecule has 2 aromatic rings. The number of fused-ring (bicyclic) bond motifs is 1. The number of alkyl carbamates (subject to hydrolysis) is 1. The van der Waals surface area contributed by atoms with Crippen LogP contribution in [0.15, 0.2) is 59.6 Å². The minimum absolute atomic E-state index is 0.0419. The van der Waals surface area contributed by atoms with E-state index in [0.717, 1.165) is 33.7 Å². The van der Waals surface area contributed by atoms with Crippen molar-refractivity contribution in [1.82, 2.24) is 30.6 Å². The summed E-state index contributed by atoms with van der Waals surface area (Å²) in [5.41, 5.74) is 9.74. The first-order valence-corrected chi connectivity index (χ1v) is 24.6. The molecule has 1 aromatic carbocycles. The van der Waals surface area contributed by atoms with Crippen molar-refractivity contribution in [2.75, 3.05) is 172 Å². The van der Waals surface area contributed by atoms with Gasteiger partial charge in [-0.3, -0.25) is 28.9 Å². The number of hydrogen-bond acceptors (Lipinski definition) is 21. The maximum absolute atomic E-state index is 13.5. The number of nitrogens with two attached hydrogens (primary N) is 1. The number of amides is 5. The molecule has 25 heteroatoms. The number of rotatable bonds is 43. The normalized spacial score (nSPS) is 13.1. The van der Waals surface area contributed by atoms with E-state index in [4.69, 9.17) is 62.7 Å². The van der Waals surface area contributed by atoms with Gasteiger partial charge in [-0.25, -0.2) is 24.8 Å². The van der Waals surface area contributed by atoms with Crippen LogP contribution in [0.2, 0.25) is 0 Å². The van der Waals surface area contributed by atoms with E-state index in [9.17, 15) is 24.0 Å². The van der Waals surface area contributed by atoms with Gasteiger partial charge in [0, 0.05) is 67.3 Å². The largest absolute Gasteiger partial charge is 0.447 e. The second-order valence-electron chi connectivity index (χ2n) is 15.7. The Kier molecular flexibility index (Phi) is 31.7. The molecule has 74 heavy (non-hydrogen) atoms. The van der Waals surface area contributed by atoms with Gasteiger partial charge < -0.3 is 68.5 Å². The summed E-state index contributed by atoms with van der Waals surface area (Å²) in [7, 11) is 0. The van der Waals surface area contributed by atoms with Crippen LogP contribution in [0.1, 0.15) is 25.3 Å². The molecule has 0 radical (unpaired) electrons. The summed E-state index contributed by atoms with van der Waals surface area (Å²) in [4.78, 5) is 79.8. The smallest absolute Gasteiger partial charge is 0.407 e. The quantitative estimate of drug-likeness (QED) is 0.0475. The van der Waals surface area contributed by atoms with Crippen molar-refractivity contribution in [2.24, 2.45) is 10.7 Å². The van der Waals surface area contributed by atoms with E-state index in [1.807, 2.05) is 25.1 Å². The fraction of sp³-hybridized carbons (Fsp3) is 0.592. The summed E-state index contributed by atoms with van der Waals surface area (Å²) in [5.74, 6) is -1.48. The van der Waals surface area contributed by atoms with Crippen molar-refractivity contribution in [3.05, 3.63) is 60.2 Å². The highest BCUT2D eigenvalue weighted by Crippen LogP contribution is 2.31. The lowest BCUT2D eigenvalue weighted by Crippen LogP contribution is -2.41. The Balaban J connectivity index is 0.825. The van der Waals surface area contributed by atoms with E-state index >= 15 is 0 Å². The number of ether oxygens (including phenoxy) is 11. The first kappa shape index (κ1) is 60.7. The Labute approximate surface area is 431 Å².